The van der Waals surface area contributed by atoms with Crippen molar-refractivity contribution in [3.8, 4) is 0 Å². The number of hydrogen-bond acceptors (Lipinski definition) is 4. The molecular weight excluding hydrogens is 344 g/mol. The molecule has 0 spiro atoms. The maximum absolute atomic E-state index is 12.6. The molecule has 132 valence electrons. The molecule has 1 aliphatic heterocycles. The molecule has 1 aromatic rings. The van der Waals surface area contributed by atoms with Gasteiger partial charge in [0.1, 0.15) is 13.2 Å². The van der Waals surface area contributed by atoms with Gasteiger partial charge in [-0.05, 0) is 6.07 Å². The zero-order valence-electron chi connectivity index (χ0n) is 12.0. The van der Waals surface area contributed by atoms with Gasteiger partial charge in [-0.25, -0.2) is 8.78 Å². The first-order valence-corrected chi connectivity index (χ1v) is 6.65. The Balaban J connectivity index is 0.00000264. The molecule has 2 N–H and O–H groups in total. The fourth-order valence-electron chi connectivity index (χ4n) is 1.92. The van der Waals surface area contributed by atoms with Crippen molar-refractivity contribution in [3.05, 3.63) is 17.5 Å². The van der Waals surface area contributed by atoms with Crippen molar-refractivity contribution in [1.29, 1.82) is 0 Å². The van der Waals surface area contributed by atoms with Gasteiger partial charge in [-0.2, -0.15) is 13.9 Å². The Bertz CT molecular complexity index is 504. The fourth-order valence-corrected chi connectivity index (χ4v) is 1.92. The zero-order chi connectivity index (χ0) is 16.2. The maximum Gasteiger partial charge on any atom is 0.330 e. The van der Waals surface area contributed by atoms with Crippen molar-refractivity contribution < 1.29 is 27.1 Å². The summed E-state index contributed by atoms with van der Waals surface area (Å²) in [6.45, 7) is 0.141. The highest BCUT2D eigenvalue weighted by molar-refractivity contribution is 5.85. The van der Waals surface area contributed by atoms with E-state index in [-0.39, 0.29) is 19.0 Å². The van der Waals surface area contributed by atoms with Gasteiger partial charge < -0.3 is 15.4 Å². The Morgan fingerprint density at radius 3 is 2.91 bits per heavy atom. The predicted molar refractivity (Wildman–Crippen MR) is 74.8 cm³/mol. The number of ether oxygens (including phenoxy) is 1. The molecule has 2 heterocycles. The molecule has 0 saturated carbocycles. The maximum atomic E-state index is 12.6. The summed E-state index contributed by atoms with van der Waals surface area (Å²) in [7, 11) is 0. The van der Waals surface area contributed by atoms with Crippen molar-refractivity contribution in [3.63, 3.8) is 0 Å². The second-order valence-corrected chi connectivity index (χ2v) is 4.86. The van der Waals surface area contributed by atoms with Crippen LogP contribution in [0.5, 0.6) is 0 Å². The van der Waals surface area contributed by atoms with E-state index >= 15 is 0 Å². The SMILES string of the molecule is Cl.O=C(COCC(F)(F)C(F)F)NCc1cc2n(n1)CCNC2. The average molecular weight is 361 g/mol. The Morgan fingerprint density at radius 1 is 1.52 bits per heavy atom. The monoisotopic (exact) mass is 360 g/mol. The lowest BCUT2D eigenvalue weighted by Gasteiger charge is -2.14. The van der Waals surface area contributed by atoms with Crippen molar-refractivity contribution in [2.24, 2.45) is 0 Å². The van der Waals surface area contributed by atoms with Crippen LogP contribution in [0.3, 0.4) is 0 Å². The van der Waals surface area contributed by atoms with Crippen LogP contribution in [0.2, 0.25) is 0 Å². The first-order chi connectivity index (χ1) is 10.4. The molecule has 23 heavy (non-hydrogen) atoms. The summed E-state index contributed by atoms with van der Waals surface area (Å²) in [5.74, 6) is -4.93. The third-order valence-corrected chi connectivity index (χ3v) is 3.03. The van der Waals surface area contributed by atoms with E-state index in [4.69, 9.17) is 0 Å². The van der Waals surface area contributed by atoms with E-state index in [0.717, 1.165) is 18.8 Å². The first kappa shape index (κ1) is 19.7. The quantitative estimate of drug-likeness (QED) is 0.710. The van der Waals surface area contributed by atoms with E-state index in [1.165, 1.54) is 0 Å². The van der Waals surface area contributed by atoms with E-state index in [0.29, 0.717) is 12.2 Å². The fraction of sp³-hybridized carbons (Fsp3) is 0.667. The second-order valence-electron chi connectivity index (χ2n) is 4.86. The summed E-state index contributed by atoms with van der Waals surface area (Å²) in [5, 5.41) is 9.87. The lowest BCUT2D eigenvalue weighted by molar-refractivity contribution is -0.168. The van der Waals surface area contributed by atoms with Crippen LogP contribution in [-0.2, 0) is 29.2 Å². The number of fused-ring (bicyclic) bond motifs is 1. The molecule has 1 aromatic heterocycles. The van der Waals surface area contributed by atoms with E-state index in [1.807, 2.05) is 10.7 Å². The molecule has 1 amide bonds. The Kier molecular flexibility index (Phi) is 7.23. The second kappa shape index (κ2) is 8.46. The number of nitrogens with one attached hydrogen (secondary N) is 2. The van der Waals surface area contributed by atoms with Gasteiger partial charge in [0.15, 0.2) is 0 Å². The van der Waals surface area contributed by atoms with Crippen LogP contribution in [-0.4, -0.2) is 47.8 Å². The molecule has 0 bridgehead atoms. The van der Waals surface area contributed by atoms with Crippen LogP contribution in [0.1, 0.15) is 11.4 Å². The number of carbonyl (C=O) groups excluding carboxylic acids is 1. The first-order valence-electron chi connectivity index (χ1n) is 6.65. The van der Waals surface area contributed by atoms with Crippen molar-refractivity contribution in [2.45, 2.75) is 32.0 Å². The van der Waals surface area contributed by atoms with E-state index in [9.17, 15) is 22.4 Å². The van der Waals surface area contributed by atoms with Gasteiger partial charge in [0.2, 0.25) is 5.91 Å². The standard InChI is InChI=1S/C12H16F4N4O2.ClH/c13-11(14)12(15,16)7-22-6-10(21)18-4-8-3-9-5-17-1-2-20(9)19-8;/h3,11,17H,1-2,4-7H2,(H,18,21);1H. The van der Waals surface area contributed by atoms with Gasteiger partial charge in [0, 0.05) is 13.1 Å². The van der Waals surface area contributed by atoms with Gasteiger partial charge in [-0.1, -0.05) is 0 Å². The average Bonchev–Trinajstić information content (AvgIpc) is 2.87. The lowest BCUT2D eigenvalue weighted by atomic mass is 10.3. The molecule has 0 atom stereocenters. The minimum Gasteiger partial charge on any atom is -0.365 e. The molecular formula is C12H17ClF4N4O2. The van der Waals surface area contributed by atoms with Crippen LogP contribution in [0.25, 0.3) is 0 Å². The number of aromatic nitrogens is 2. The summed E-state index contributed by atoms with van der Waals surface area (Å²) < 4.78 is 55.0. The molecule has 0 aromatic carbocycles. The normalized spacial score (nSPS) is 14.3. The van der Waals surface area contributed by atoms with E-state index in [2.05, 4.69) is 20.5 Å². The largest absolute Gasteiger partial charge is 0.365 e. The van der Waals surface area contributed by atoms with Crippen LogP contribution in [0.15, 0.2) is 6.07 Å². The molecule has 1 aliphatic rings. The lowest BCUT2D eigenvalue weighted by Crippen LogP contribution is -2.35. The van der Waals surface area contributed by atoms with Crippen LogP contribution >= 0.6 is 12.4 Å². The van der Waals surface area contributed by atoms with Crippen molar-refractivity contribution in [2.75, 3.05) is 19.8 Å². The number of hydrogen-bond donors (Lipinski definition) is 2. The summed E-state index contributed by atoms with van der Waals surface area (Å²) >= 11 is 0. The highest BCUT2D eigenvalue weighted by atomic mass is 35.5. The molecule has 0 saturated heterocycles. The highest BCUT2D eigenvalue weighted by Crippen LogP contribution is 2.22. The summed E-state index contributed by atoms with van der Waals surface area (Å²) in [6, 6.07) is 1.82. The van der Waals surface area contributed by atoms with Crippen LogP contribution < -0.4 is 10.6 Å². The Labute approximate surface area is 136 Å². The van der Waals surface area contributed by atoms with Gasteiger partial charge in [-0.3, -0.25) is 9.48 Å². The molecule has 6 nitrogen and oxygen atoms in total. The molecule has 0 aliphatic carbocycles. The molecule has 0 unspecified atom stereocenters. The smallest absolute Gasteiger partial charge is 0.330 e. The number of amides is 1. The van der Waals surface area contributed by atoms with Gasteiger partial charge in [0.05, 0.1) is 24.5 Å². The minimum absolute atomic E-state index is 0. The zero-order valence-corrected chi connectivity index (χ0v) is 12.8. The third kappa shape index (κ3) is 5.63. The summed E-state index contributed by atoms with van der Waals surface area (Å²) in [5.41, 5.74) is 1.62. The summed E-state index contributed by atoms with van der Waals surface area (Å²) in [4.78, 5) is 11.4. The molecule has 0 fully saturated rings. The topological polar surface area (TPSA) is 68.2 Å². The molecule has 2 rings (SSSR count). The minimum atomic E-state index is -4.25. The van der Waals surface area contributed by atoms with Gasteiger partial charge in [-0.15, -0.1) is 12.4 Å². The summed E-state index contributed by atoms with van der Waals surface area (Å²) in [6.07, 6.45) is -3.82. The Hall–Kier alpha value is -1.39. The van der Waals surface area contributed by atoms with Crippen LogP contribution in [0.4, 0.5) is 17.6 Å². The van der Waals surface area contributed by atoms with Gasteiger partial charge in [0.25, 0.3) is 0 Å². The molecule has 11 heteroatoms. The number of rotatable bonds is 7. The predicted octanol–water partition coefficient (Wildman–Crippen LogP) is 0.941. The number of carbonyl (C=O) groups is 1. The van der Waals surface area contributed by atoms with Crippen molar-refractivity contribution in [1.82, 2.24) is 20.4 Å². The number of alkyl halides is 4. The number of halogens is 5. The van der Waals surface area contributed by atoms with E-state index < -0.39 is 31.5 Å². The third-order valence-electron chi connectivity index (χ3n) is 3.03. The van der Waals surface area contributed by atoms with E-state index in [1.54, 1.807) is 0 Å². The van der Waals surface area contributed by atoms with Crippen LogP contribution in [0, 0.1) is 0 Å². The number of nitrogens with zero attached hydrogens (tertiary/aromatic N) is 2. The van der Waals surface area contributed by atoms with Crippen molar-refractivity contribution >= 4 is 18.3 Å². The molecule has 0 radical (unpaired) electrons. The Morgan fingerprint density at radius 2 is 2.26 bits per heavy atom. The van der Waals surface area contributed by atoms with Gasteiger partial charge >= 0.3 is 12.3 Å². The highest BCUT2D eigenvalue weighted by Gasteiger charge is 2.41.